The van der Waals surface area contributed by atoms with Crippen LogP contribution in [0.4, 0.5) is 5.95 Å². The molecular formula is C21H21ClN6O2S. The van der Waals surface area contributed by atoms with Crippen LogP contribution in [-0.4, -0.2) is 58.5 Å². The number of hydrogen-bond acceptors (Lipinski definition) is 6. The van der Waals surface area contributed by atoms with Crippen LogP contribution in [-0.2, 0) is 10.0 Å². The van der Waals surface area contributed by atoms with Gasteiger partial charge in [-0.2, -0.15) is 4.31 Å². The number of hydrogen-bond donors (Lipinski definition) is 0. The molecule has 5 rings (SSSR count). The summed E-state index contributed by atoms with van der Waals surface area (Å²) in [5.41, 5.74) is 2.37. The minimum atomic E-state index is -3.53. The Balaban J connectivity index is 1.48. The van der Waals surface area contributed by atoms with Crippen LogP contribution in [0.1, 0.15) is 11.4 Å². The van der Waals surface area contributed by atoms with Crippen LogP contribution in [0.5, 0.6) is 0 Å². The molecule has 0 N–H and O–H groups in total. The van der Waals surface area contributed by atoms with E-state index in [0.717, 1.165) is 22.3 Å². The molecule has 0 aliphatic carbocycles. The fraction of sp³-hybridized carbons (Fsp3) is 0.286. The number of sulfonamides is 1. The first-order valence-electron chi connectivity index (χ1n) is 9.97. The summed E-state index contributed by atoms with van der Waals surface area (Å²) in [6.45, 7) is 5.53. The standard InChI is InChI=1S/C21H21ClN6O2S/c1-14-4-3-5-17(12-14)31(29,30)27-10-8-26(9-11-27)21-23-19-13-16(22)6-7-18(19)20-25-24-15(2)28(20)21/h3-7,12-13H,8-11H2,1-2H3. The van der Waals surface area contributed by atoms with Crippen molar-refractivity contribution in [1.82, 2.24) is 23.9 Å². The zero-order valence-electron chi connectivity index (χ0n) is 17.2. The van der Waals surface area contributed by atoms with E-state index in [-0.39, 0.29) is 0 Å². The predicted octanol–water partition coefficient (Wildman–Crippen LogP) is 3.06. The normalized spacial score (nSPS) is 15.8. The monoisotopic (exact) mass is 456 g/mol. The molecule has 31 heavy (non-hydrogen) atoms. The fourth-order valence-corrected chi connectivity index (χ4v) is 5.68. The van der Waals surface area contributed by atoms with Crippen molar-refractivity contribution >= 4 is 44.1 Å². The highest BCUT2D eigenvalue weighted by Crippen LogP contribution is 2.27. The van der Waals surface area contributed by atoms with Gasteiger partial charge < -0.3 is 4.90 Å². The highest BCUT2D eigenvalue weighted by molar-refractivity contribution is 7.89. The van der Waals surface area contributed by atoms with E-state index in [1.807, 2.05) is 42.5 Å². The van der Waals surface area contributed by atoms with Crippen LogP contribution in [0.3, 0.4) is 0 Å². The molecule has 0 unspecified atom stereocenters. The quantitative estimate of drug-likeness (QED) is 0.471. The SMILES string of the molecule is Cc1cccc(S(=O)(=O)N2CCN(c3nc4cc(Cl)ccc4c4nnc(C)n34)CC2)c1. The van der Waals surface area contributed by atoms with E-state index in [4.69, 9.17) is 16.6 Å². The first kappa shape index (κ1) is 20.2. The largest absolute Gasteiger partial charge is 0.339 e. The first-order chi connectivity index (χ1) is 14.8. The molecule has 3 heterocycles. The molecule has 4 aromatic rings. The molecule has 10 heteroatoms. The van der Waals surface area contributed by atoms with Crippen LogP contribution in [0.2, 0.25) is 5.02 Å². The van der Waals surface area contributed by atoms with Crippen molar-refractivity contribution in [3.8, 4) is 0 Å². The van der Waals surface area contributed by atoms with Gasteiger partial charge in [-0.15, -0.1) is 10.2 Å². The van der Waals surface area contributed by atoms with E-state index < -0.39 is 10.0 Å². The van der Waals surface area contributed by atoms with Gasteiger partial charge in [0, 0.05) is 36.6 Å². The molecule has 0 saturated carbocycles. The summed E-state index contributed by atoms with van der Waals surface area (Å²) in [4.78, 5) is 7.24. The molecule has 0 spiro atoms. The van der Waals surface area contributed by atoms with E-state index in [9.17, 15) is 8.42 Å². The maximum Gasteiger partial charge on any atom is 0.243 e. The lowest BCUT2D eigenvalue weighted by atomic mass is 10.2. The Labute approximate surface area is 185 Å². The Hall–Kier alpha value is -2.75. The third-order valence-corrected chi connectivity index (χ3v) is 7.72. The maximum absolute atomic E-state index is 13.1. The van der Waals surface area contributed by atoms with Crippen LogP contribution < -0.4 is 4.90 Å². The highest BCUT2D eigenvalue weighted by Gasteiger charge is 2.30. The van der Waals surface area contributed by atoms with E-state index >= 15 is 0 Å². The summed E-state index contributed by atoms with van der Waals surface area (Å²) in [7, 11) is -3.53. The predicted molar refractivity (Wildman–Crippen MR) is 120 cm³/mol. The number of halogens is 1. The highest BCUT2D eigenvalue weighted by atomic mass is 35.5. The minimum absolute atomic E-state index is 0.330. The third-order valence-electron chi connectivity index (χ3n) is 5.59. The summed E-state index contributed by atoms with van der Waals surface area (Å²) in [5.74, 6) is 1.42. The summed E-state index contributed by atoms with van der Waals surface area (Å²) >= 11 is 6.18. The lowest BCUT2D eigenvalue weighted by Crippen LogP contribution is -2.49. The Kier molecular flexibility index (Phi) is 4.84. The van der Waals surface area contributed by atoms with E-state index in [1.54, 1.807) is 18.2 Å². The molecule has 160 valence electrons. The van der Waals surface area contributed by atoms with Gasteiger partial charge in [0.1, 0.15) is 5.82 Å². The third kappa shape index (κ3) is 3.42. The van der Waals surface area contributed by atoms with Crippen molar-refractivity contribution < 1.29 is 8.42 Å². The number of piperazine rings is 1. The van der Waals surface area contributed by atoms with Gasteiger partial charge in [-0.3, -0.25) is 0 Å². The Morgan fingerprint density at radius 2 is 1.74 bits per heavy atom. The van der Waals surface area contributed by atoms with Gasteiger partial charge in [-0.1, -0.05) is 23.7 Å². The summed E-state index contributed by atoms with van der Waals surface area (Å²) in [5, 5.41) is 10.0. The minimum Gasteiger partial charge on any atom is -0.339 e. The second-order valence-electron chi connectivity index (χ2n) is 7.69. The molecule has 8 nitrogen and oxygen atoms in total. The van der Waals surface area contributed by atoms with Gasteiger partial charge in [0.15, 0.2) is 5.65 Å². The molecule has 0 radical (unpaired) electrons. The van der Waals surface area contributed by atoms with Gasteiger partial charge in [-0.05, 0) is 49.7 Å². The van der Waals surface area contributed by atoms with Crippen molar-refractivity contribution in [2.45, 2.75) is 18.7 Å². The molecule has 0 bridgehead atoms. The van der Waals surface area contributed by atoms with E-state index in [1.165, 1.54) is 4.31 Å². The first-order valence-corrected chi connectivity index (χ1v) is 11.8. The van der Waals surface area contributed by atoms with E-state index in [2.05, 4.69) is 15.1 Å². The zero-order valence-corrected chi connectivity index (χ0v) is 18.7. The Morgan fingerprint density at radius 3 is 2.48 bits per heavy atom. The second-order valence-corrected chi connectivity index (χ2v) is 10.1. The van der Waals surface area contributed by atoms with Gasteiger partial charge in [0.05, 0.1) is 10.4 Å². The van der Waals surface area contributed by atoms with Gasteiger partial charge in [0.25, 0.3) is 0 Å². The molecule has 1 aliphatic rings. The van der Waals surface area contributed by atoms with Gasteiger partial charge in [0.2, 0.25) is 16.0 Å². The fourth-order valence-electron chi connectivity index (χ4n) is 3.99. The number of rotatable bonds is 3. The number of fused-ring (bicyclic) bond motifs is 3. The summed E-state index contributed by atoms with van der Waals surface area (Å²) < 4.78 is 29.6. The lowest BCUT2D eigenvalue weighted by Gasteiger charge is -2.35. The average molecular weight is 457 g/mol. The molecular weight excluding hydrogens is 436 g/mol. The summed E-state index contributed by atoms with van der Waals surface area (Å²) in [6.07, 6.45) is 0. The zero-order chi connectivity index (χ0) is 21.8. The van der Waals surface area contributed by atoms with Crippen molar-refractivity contribution in [2.24, 2.45) is 0 Å². The molecule has 1 saturated heterocycles. The smallest absolute Gasteiger partial charge is 0.243 e. The number of nitrogens with zero attached hydrogens (tertiary/aromatic N) is 6. The number of aryl methyl sites for hydroxylation is 2. The van der Waals surface area contributed by atoms with Crippen LogP contribution in [0.25, 0.3) is 16.6 Å². The molecule has 0 atom stereocenters. The summed E-state index contributed by atoms with van der Waals surface area (Å²) in [6, 6.07) is 12.5. The van der Waals surface area contributed by atoms with Crippen LogP contribution in [0.15, 0.2) is 47.4 Å². The Bertz CT molecular complexity index is 1410. The van der Waals surface area contributed by atoms with Crippen molar-refractivity contribution in [1.29, 1.82) is 0 Å². The second kappa shape index (κ2) is 7.44. The van der Waals surface area contributed by atoms with E-state index in [0.29, 0.717) is 47.7 Å². The van der Waals surface area contributed by atoms with Crippen molar-refractivity contribution in [3.05, 3.63) is 58.9 Å². The van der Waals surface area contributed by atoms with Crippen LogP contribution in [0, 0.1) is 13.8 Å². The lowest BCUT2D eigenvalue weighted by molar-refractivity contribution is 0.382. The van der Waals surface area contributed by atoms with Crippen molar-refractivity contribution in [2.75, 3.05) is 31.1 Å². The van der Waals surface area contributed by atoms with Gasteiger partial charge >= 0.3 is 0 Å². The molecule has 2 aromatic heterocycles. The van der Waals surface area contributed by atoms with Crippen molar-refractivity contribution in [3.63, 3.8) is 0 Å². The van der Waals surface area contributed by atoms with Gasteiger partial charge in [-0.25, -0.2) is 17.8 Å². The number of benzene rings is 2. The topological polar surface area (TPSA) is 83.7 Å². The molecule has 2 aromatic carbocycles. The maximum atomic E-state index is 13.1. The number of aromatic nitrogens is 4. The molecule has 1 aliphatic heterocycles. The average Bonchev–Trinajstić information content (AvgIpc) is 3.15. The van der Waals surface area contributed by atoms with Crippen LogP contribution >= 0.6 is 11.6 Å². The Morgan fingerprint density at radius 1 is 0.968 bits per heavy atom. The molecule has 0 amide bonds. The molecule has 1 fully saturated rings. The number of anilines is 1.